The van der Waals surface area contributed by atoms with E-state index in [-0.39, 0.29) is 5.82 Å². The van der Waals surface area contributed by atoms with E-state index in [4.69, 9.17) is 0 Å². The average molecular weight is 334 g/mol. The van der Waals surface area contributed by atoms with Gasteiger partial charge in [-0.25, -0.2) is 9.37 Å². The number of aryl methyl sites for hydroxylation is 1. The normalized spacial score (nSPS) is 11.5. The number of thiazole rings is 1. The molecule has 0 unspecified atom stereocenters. The van der Waals surface area contributed by atoms with Gasteiger partial charge in [-0.1, -0.05) is 12.1 Å². The van der Waals surface area contributed by atoms with E-state index in [2.05, 4.69) is 27.5 Å². The Morgan fingerprint density at radius 1 is 1.22 bits per heavy atom. The van der Waals surface area contributed by atoms with Gasteiger partial charge in [0.05, 0.1) is 5.01 Å². The predicted octanol–water partition coefficient (Wildman–Crippen LogP) is 2.93. The van der Waals surface area contributed by atoms with Gasteiger partial charge in [0.1, 0.15) is 5.82 Å². The van der Waals surface area contributed by atoms with Crippen molar-refractivity contribution in [1.29, 1.82) is 0 Å². The van der Waals surface area contributed by atoms with Crippen molar-refractivity contribution in [3.8, 4) is 0 Å². The van der Waals surface area contributed by atoms with Crippen molar-refractivity contribution >= 4 is 17.3 Å². The molecule has 2 rings (SSSR count). The van der Waals surface area contributed by atoms with E-state index in [1.807, 2.05) is 25.3 Å². The maximum Gasteiger partial charge on any atom is 0.191 e. The molecule has 4 nitrogen and oxygen atoms in total. The van der Waals surface area contributed by atoms with Crippen molar-refractivity contribution in [2.45, 2.75) is 26.7 Å². The molecule has 23 heavy (non-hydrogen) atoms. The van der Waals surface area contributed by atoms with Crippen LogP contribution in [0.25, 0.3) is 0 Å². The Kier molecular flexibility index (Phi) is 7.00. The van der Waals surface area contributed by atoms with Gasteiger partial charge in [-0.15, -0.1) is 11.3 Å². The molecule has 0 radical (unpaired) electrons. The molecule has 1 aromatic carbocycles. The summed E-state index contributed by atoms with van der Waals surface area (Å²) in [4.78, 5) is 10.1. The van der Waals surface area contributed by atoms with E-state index in [1.165, 1.54) is 17.0 Å². The molecule has 0 aliphatic rings. The van der Waals surface area contributed by atoms with Crippen molar-refractivity contribution in [2.75, 3.05) is 19.6 Å². The summed E-state index contributed by atoms with van der Waals surface area (Å²) in [6.45, 7) is 6.39. The highest BCUT2D eigenvalue weighted by molar-refractivity contribution is 7.11. The number of guanidine groups is 1. The molecular weight excluding hydrogens is 311 g/mol. The zero-order chi connectivity index (χ0) is 16.5. The third kappa shape index (κ3) is 6.36. The fourth-order valence-electron chi connectivity index (χ4n) is 2.10. The Morgan fingerprint density at radius 3 is 2.65 bits per heavy atom. The first kappa shape index (κ1) is 17.4. The molecule has 0 amide bonds. The number of benzene rings is 1. The predicted molar refractivity (Wildman–Crippen MR) is 94.6 cm³/mol. The number of halogens is 1. The van der Waals surface area contributed by atoms with Crippen LogP contribution in [0.4, 0.5) is 4.39 Å². The van der Waals surface area contributed by atoms with Gasteiger partial charge in [0, 0.05) is 37.1 Å². The number of aromatic nitrogens is 1. The van der Waals surface area contributed by atoms with Crippen LogP contribution >= 0.6 is 11.3 Å². The summed E-state index contributed by atoms with van der Waals surface area (Å²) >= 11 is 1.72. The first-order valence-corrected chi connectivity index (χ1v) is 8.67. The molecule has 1 heterocycles. The zero-order valence-corrected chi connectivity index (χ0v) is 14.4. The highest BCUT2D eigenvalue weighted by Crippen LogP contribution is 2.11. The molecule has 124 valence electrons. The molecule has 1 aromatic heterocycles. The van der Waals surface area contributed by atoms with Crippen molar-refractivity contribution in [3.63, 3.8) is 0 Å². The Labute approximate surface area is 140 Å². The molecule has 0 aliphatic heterocycles. The lowest BCUT2D eigenvalue weighted by molar-refractivity contribution is 0.626. The Morgan fingerprint density at radius 2 is 2.00 bits per heavy atom. The second kappa shape index (κ2) is 9.25. The minimum atomic E-state index is -0.200. The van der Waals surface area contributed by atoms with Crippen LogP contribution in [0.3, 0.4) is 0 Å². The quantitative estimate of drug-likeness (QED) is 0.605. The summed E-state index contributed by atoms with van der Waals surface area (Å²) in [5.74, 6) is 0.608. The maximum atomic E-state index is 12.9. The standard InChI is InChI=1S/C17H23FN4S/c1-3-19-17(21-11-9-16-22-12-13(2)23-16)20-10-8-14-4-6-15(18)7-5-14/h4-7,12H,3,8-11H2,1-2H3,(H2,19,20,21). The topological polar surface area (TPSA) is 49.3 Å². The van der Waals surface area contributed by atoms with E-state index >= 15 is 0 Å². The lowest BCUT2D eigenvalue weighted by Crippen LogP contribution is -2.38. The number of nitrogens with zero attached hydrogens (tertiary/aromatic N) is 2. The van der Waals surface area contributed by atoms with Crippen LogP contribution in [-0.4, -0.2) is 30.6 Å². The highest BCUT2D eigenvalue weighted by Gasteiger charge is 2.00. The van der Waals surface area contributed by atoms with E-state index in [9.17, 15) is 4.39 Å². The van der Waals surface area contributed by atoms with Gasteiger partial charge in [0.15, 0.2) is 5.96 Å². The van der Waals surface area contributed by atoms with Crippen LogP contribution < -0.4 is 10.6 Å². The third-order valence-electron chi connectivity index (χ3n) is 3.23. The molecule has 0 saturated heterocycles. The van der Waals surface area contributed by atoms with Crippen LogP contribution in [0.15, 0.2) is 35.5 Å². The van der Waals surface area contributed by atoms with Crippen LogP contribution in [-0.2, 0) is 12.8 Å². The van der Waals surface area contributed by atoms with Crippen LogP contribution in [0.2, 0.25) is 0 Å². The first-order valence-electron chi connectivity index (χ1n) is 7.85. The molecule has 6 heteroatoms. The molecule has 0 aliphatic carbocycles. The summed E-state index contributed by atoms with van der Waals surface area (Å²) in [6.07, 6.45) is 3.58. The Hall–Kier alpha value is -1.95. The molecular formula is C17H23FN4S. The molecule has 0 atom stereocenters. The number of hydrogen-bond acceptors (Lipinski definition) is 3. The van der Waals surface area contributed by atoms with Crippen molar-refractivity contribution in [1.82, 2.24) is 15.6 Å². The number of aliphatic imine (C=N–C) groups is 1. The summed E-state index contributed by atoms with van der Waals surface area (Å²) in [5, 5.41) is 7.65. The van der Waals surface area contributed by atoms with Gasteiger partial charge in [0.2, 0.25) is 0 Å². The van der Waals surface area contributed by atoms with E-state index in [0.717, 1.165) is 42.5 Å². The maximum absolute atomic E-state index is 12.9. The van der Waals surface area contributed by atoms with Crippen molar-refractivity contribution < 1.29 is 4.39 Å². The van der Waals surface area contributed by atoms with E-state index in [0.29, 0.717) is 6.54 Å². The second-order valence-corrected chi connectivity index (χ2v) is 6.50. The SMILES string of the molecule is CCNC(=NCCc1ncc(C)s1)NCCc1ccc(F)cc1. The molecule has 0 spiro atoms. The summed E-state index contributed by atoms with van der Waals surface area (Å²) < 4.78 is 12.9. The van der Waals surface area contributed by atoms with Gasteiger partial charge in [-0.3, -0.25) is 4.99 Å². The monoisotopic (exact) mass is 334 g/mol. The van der Waals surface area contributed by atoms with E-state index in [1.54, 1.807) is 11.3 Å². The van der Waals surface area contributed by atoms with Gasteiger partial charge in [-0.2, -0.15) is 0 Å². The van der Waals surface area contributed by atoms with E-state index < -0.39 is 0 Å². The third-order valence-corrected chi connectivity index (χ3v) is 4.20. The van der Waals surface area contributed by atoms with Gasteiger partial charge in [-0.05, 0) is 38.0 Å². The number of hydrogen-bond donors (Lipinski definition) is 2. The fraction of sp³-hybridized carbons (Fsp3) is 0.412. The van der Waals surface area contributed by atoms with Gasteiger partial charge < -0.3 is 10.6 Å². The van der Waals surface area contributed by atoms with Crippen molar-refractivity contribution in [2.24, 2.45) is 4.99 Å². The largest absolute Gasteiger partial charge is 0.357 e. The Bertz CT molecular complexity index is 622. The summed E-state index contributed by atoms with van der Waals surface area (Å²) in [7, 11) is 0. The lowest BCUT2D eigenvalue weighted by Gasteiger charge is -2.11. The fourth-order valence-corrected chi connectivity index (χ4v) is 2.87. The van der Waals surface area contributed by atoms with Gasteiger partial charge >= 0.3 is 0 Å². The number of rotatable bonds is 7. The average Bonchev–Trinajstić information content (AvgIpc) is 2.95. The molecule has 0 fully saturated rings. The number of nitrogens with one attached hydrogen (secondary N) is 2. The van der Waals surface area contributed by atoms with Crippen molar-refractivity contribution in [3.05, 3.63) is 51.7 Å². The summed E-state index contributed by atoms with van der Waals surface area (Å²) in [5.41, 5.74) is 1.10. The van der Waals surface area contributed by atoms with Crippen LogP contribution in [0, 0.1) is 12.7 Å². The summed E-state index contributed by atoms with van der Waals surface area (Å²) in [6, 6.07) is 6.60. The minimum absolute atomic E-state index is 0.200. The van der Waals surface area contributed by atoms with Crippen LogP contribution in [0.5, 0.6) is 0 Å². The molecule has 2 N–H and O–H groups in total. The van der Waals surface area contributed by atoms with Gasteiger partial charge in [0.25, 0.3) is 0 Å². The minimum Gasteiger partial charge on any atom is -0.357 e. The smallest absolute Gasteiger partial charge is 0.191 e. The lowest BCUT2D eigenvalue weighted by atomic mass is 10.1. The second-order valence-electron chi connectivity index (χ2n) is 5.18. The van der Waals surface area contributed by atoms with Crippen LogP contribution in [0.1, 0.15) is 22.4 Å². The molecule has 2 aromatic rings. The Balaban J connectivity index is 1.77. The molecule has 0 bridgehead atoms. The molecule has 0 saturated carbocycles. The first-order chi connectivity index (χ1) is 11.2. The zero-order valence-electron chi connectivity index (χ0n) is 13.6. The highest BCUT2D eigenvalue weighted by atomic mass is 32.1.